The third-order valence-corrected chi connectivity index (χ3v) is 4.98. The summed E-state index contributed by atoms with van der Waals surface area (Å²) in [5.41, 5.74) is 1.74. The Morgan fingerprint density at radius 3 is 2.19 bits per heavy atom. The van der Waals surface area contributed by atoms with Crippen molar-refractivity contribution < 1.29 is 13.5 Å². The Morgan fingerprint density at radius 2 is 1.63 bits per heavy atom. The van der Waals surface area contributed by atoms with Crippen LogP contribution in [0.4, 0.5) is 8.78 Å². The van der Waals surface area contributed by atoms with Crippen LogP contribution in [0.5, 0.6) is 0 Å². The lowest BCUT2D eigenvalue weighted by molar-refractivity contribution is 0.0654. The highest BCUT2D eigenvalue weighted by atomic mass is 19.1. The average Bonchev–Trinajstić information content (AvgIpc) is 2.68. The van der Waals surface area contributed by atoms with E-state index in [-0.39, 0.29) is 17.7 Å². The smallest absolute Gasteiger partial charge is 0.123 e. The molecule has 1 aliphatic rings. The lowest BCUT2D eigenvalue weighted by Gasteiger charge is -2.33. The van der Waals surface area contributed by atoms with Crippen LogP contribution in [0.1, 0.15) is 37.0 Å². The van der Waals surface area contributed by atoms with Gasteiger partial charge in [-0.3, -0.25) is 0 Å². The molecule has 27 heavy (non-hydrogen) atoms. The van der Waals surface area contributed by atoms with Gasteiger partial charge in [-0.1, -0.05) is 31.2 Å². The molecule has 2 aromatic carbocycles. The number of benzene rings is 2. The fraction of sp³-hybridized carbons (Fsp3) is 0.455. The van der Waals surface area contributed by atoms with Gasteiger partial charge in [0, 0.05) is 32.3 Å². The van der Waals surface area contributed by atoms with Gasteiger partial charge in [0.25, 0.3) is 0 Å². The minimum atomic E-state index is -0.332. The summed E-state index contributed by atoms with van der Waals surface area (Å²) in [6.07, 6.45) is 1.74. The molecule has 5 heteroatoms. The van der Waals surface area contributed by atoms with Crippen molar-refractivity contribution in [2.45, 2.75) is 31.9 Å². The van der Waals surface area contributed by atoms with E-state index in [0.717, 1.165) is 43.7 Å². The Morgan fingerprint density at radius 1 is 1.04 bits per heavy atom. The van der Waals surface area contributed by atoms with Gasteiger partial charge in [0.15, 0.2) is 0 Å². The van der Waals surface area contributed by atoms with E-state index in [0.29, 0.717) is 12.6 Å². The molecule has 0 spiro atoms. The quantitative estimate of drug-likeness (QED) is 0.751. The predicted octanol–water partition coefficient (Wildman–Crippen LogP) is 4.14. The zero-order chi connectivity index (χ0) is 19.1. The molecule has 146 valence electrons. The zero-order valence-corrected chi connectivity index (χ0v) is 15.8. The van der Waals surface area contributed by atoms with Gasteiger partial charge in [0.1, 0.15) is 17.7 Å². The minimum absolute atomic E-state index is 0.279. The van der Waals surface area contributed by atoms with Gasteiger partial charge in [0.05, 0.1) is 0 Å². The highest BCUT2D eigenvalue weighted by molar-refractivity contribution is 5.30. The van der Waals surface area contributed by atoms with E-state index >= 15 is 0 Å². The van der Waals surface area contributed by atoms with E-state index in [4.69, 9.17) is 4.74 Å². The molecule has 3 nitrogen and oxygen atoms in total. The molecule has 0 amide bonds. The topological polar surface area (TPSA) is 24.5 Å². The van der Waals surface area contributed by atoms with Crippen LogP contribution >= 0.6 is 0 Å². The summed E-state index contributed by atoms with van der Waals surface area (Å²) in [7, 11) is 0. The van der Waals surface area contributed by atoms with Gasteiger partial charge in [0.2, 0.25) is 0 Å². The lowest BCUT2D eigenvalue weighted by Crippen LogP contribution is -2.51. The van der Waals surface area contributed by atoms with Gasteiger partial charge in [-0.25, -0.2) is 8.78 Å². The van der Waals surface area contributed by atoms with Crippen LogP contribution in [0.25, 0.3) is 0 Å². The molecule has 0 bridgehead atoms. The molecule has 0 saturated carbocycles. The van der Waals surface area contributed by atoms with Crippen LogP contribution in [-0.2, 0) is 4.74 Å². The van der Waals surface area contributed by atoms with Crippen molar-refractivity contribution in [1.82, 2.24) is 10.2 Å². The van der Waals surface area contributed by atoms with Crippen molar-refractivity contribution in [2.24, 2.45) is 0 Å². The van der Waals surface area contributed by atoms with Crippen molar-refractivity contribution in [3.63, 3.8) is 0 Å². The molecule has 0 aromatic heterocycles. The predicted molar refractivity (Wildman–Crippen MR) is 104 cm³/mol. The summed E-state index contributed by atoms with van der Waals surface area (Å²) in [5, 5.41) is 3.55. The Kier molecular flexibility index (Phi) is 7.33. The first-order valence-corrected chi connectivity index (χ1v) is 9.74. The zero-order valence-electron chi connectivity index (χ0n) is 15.8. The molecule has 2 aromatic rings. The molecule has 1 unspecified atom stereocenters. The van der Waals surface area contributed by atoms with Crippen LogP contribution in [0.15, 0.2) is 48.5 Å². The van der Waals surface area contributed by atoms with E-state index in [1.807, 2.05) is 0 Å². The number of ether oxygens (including phenoxy) is 1. The van der Waals surface area contributed by atoms with Gasteiger partial charge in [-0.2, -0.15) is 0 Å². The fourth-order valence-corrected chi connectivity index (χ4v) is 3.60. The number of piperazine rings is 1. The molecule has 1 aliphatic heterocycles. The fourth-order valence-electron chi connectivity index (χ4n) is 3.60. The van der Waals surface area contributed by atoms with Crippen molar-refractivity contribution in [1.29, 1.82) is 0 Å². The number of nitrogens with zero attached hydrogens (tertiary/aromatic N) is 1. The maximum Gasteiger partial charge on any atom is 0.123 e. The van der Waals surface area contributed by atoms with E-state index in [2.05, 4.69) is 17.1 Å². The highest BCUT2D eigenvalue weighted by Gasteiger charge is 2.20. The van der Waals surface area contributed by atoms with E-state index in [1.54, 1.807) is 24.3 Å². The summed E-state index contributed by atoms with van der Waals surface area (Å²) < 4.78 is 32.8. The van der Waals surface area contributed by atoms with Gasteiger partial charge < -0.3 is 15.0 Å². The molecule has 3 rings (SSSR count). The average molecular weight is 374 g/mol. The Labute approximate surface area is 160 Å². The second-order valence-corrected chi connectivity index (χ2v) is 7.09. The number of nitrogens with one attached hydrogen (secondary N) is 1. The van der Waals surface area contributed by atoms with E-state index in [9.17, 15) is 8.78 Å². The molecule has 0 aliphatic carbocycles. The number of hydrogen-bond donors (Lipinski definition) is 1. The van der Waals surface area contributed by atoms with Crippen molar-refractivity contribution >= 4 is 0 Å². The molecular formula is C22H28F2N2O. The van der Waals surface area contributed by atoms with Gasteiger partial charge in [-0.15, -0.1) is 0 Å². The van der Waals surface area contributed by atoms with E-state index < -0.39 is 0 Å². The largest absolute Gasteiger partial charge is 0.369 e. The molecule has 0 radical (unpaired) electrons. The first kappa shape index (κ1) is 19.9. The number of halogens is 2. The number of hydrogen-bond acceptors (Lipinski definition) is 3. The lowest BCUT2D eigenvalue weighted by atomic mass is 10.0. The maximum atomic E-state index is 13.3. The minimum Gasteiger partial charge on any atom is -0.369 e. The Hall–Kier alpha value is -1.82. The SMILES string of the molecule is CCCN1CCNC(CCOC(c2ccc(F)cc2)c2ccc(F)cc2)C1. The number of rotatable bonds is 8. The second kappa shape index (κ2) is 9.93. The van der Waals surface area contributed by atoms with Gasteiger partial charge in [-0.05, 0) is 54.8 Å². The van der Waals surface area contributed by atoms with Crippen LogP contribution in [-0.4, -0.2) is 43.7 Å². The van der Waals surface area contributed by atoms with Crippen LogP contribution in [0.2, 0.25) is 0 Å². The van der Waals surface area contributed by atoms with Crippen LogP contribution < -0.4 is 5.32 Å². The van der Waals surface area contributed by atoms with Gasteiger partial charge >= 0.3 is 0 Å². The first-order valence-electron chi connectivity index (χ1n) is 9.74. The third kappa shape index (κ3) is 5.83. The van der Waals surface area contributed by atoms with E-state index in [1.165, 1.54) is 30.7 Å². The highest BCUT2D eigenvalue weighted by Crippen LogP contribution is 2.27. The van der Waals surface area contributed by atoms with Crippen molar-refractivity contribution in [3.8, 4) is 0 Å². The standard InChI is InChI=1S/C22H28F2N2O/c1-2-13-26-14-12-25-21(16-26)11-15-27-22(17-3-7-19(23)8-4-17)18-5-9-20(24)10-6-18/h3-10,21-22,25H,2,11-16H2,1H3. The summed E-state index contributed by atoms with van der Waals surface area (Å²) in [6, 6.07) is 13.0. The molecule has 1 saturated heterocycles. The molecule has 1 fully saturated rings. The summed E-state index contributed by atoms with van der Waals surface area (Å²) in [5.74, 6) is -0.557. The molecular weight excluding hydrogens is 346 g/mol. The van der Waals surface area contributed by atoms with Crippen LogP contribution in [0, 0.1) is 11.6 Å². The summed E-state index contributed by atoms with van der Waals surface area (Å²) in [4.78, 5) is 2.48. The van der Waals surface area contributed by atoms with Crippen molar-refractivity contribution in [3.05, 3.63) is 71.3 Å². The Balaban J connectivity index is 1.63. The third-order valence-electron chi connectivity index (χ3n) is 4.98. The van der Waals surface area contributed by atoms with Crippen molar-refractivity contribution in [2.75, 3.05) is 32.8 Å². The molecule has 1 heterocycles. The molecule has 1 atom stereocenters. The second-order valence-electron chi connectivity index (χ2n) is 7.09. The first-order chi connectivity index (χ1) is 13.2. The Bertz CT molecular complexity index is 643. The maximum absolute atomic E-state index is 13.3. The summed E-state index contributed by atoms with van der Waals surface area (Å²) >= 11 is 0. The molecule has 1 N–H and O–H groups in total. The normalized spacial score (nSPS) is 18.1. The van der Waals surface area contributed by atoms with Crippen LogP contribution in [0.3, 0.4) is 0 Å². The summed E-state index contributed by atoms with van der Waals surface area (Å²) in [6.45, 7) is 7.05. The monoisotopic (exact) mass is 374 g/mol.